The van der Waals surface area contributed by atoms with E-state index in [1.165, 1.54) is 0 Å². The van der Waals surface area contributed by atoms with Crippen molar-refractivity contribution >= 4 is 16.2 Å². The lowest BCUT2D eigenvalue weighted by molar-refractivity contribution is 0.132. The van der Waals surface area contributed by atoms with Crippen LogP contribution in [0.2, 0.25) is 0 Å². The summed E-state index contributed by atoms with van der Waals surface area (Å²) >= 11 is 0. The lowest BCUT2D eigenvalue weighted by Crippen LogP contribution is -2.26. The van der Waals surface area contributed by atoms with Crippen molar-refractivity contribution in [3.05, 3.63) is 0 Å². The maximum Gasteiger partial charge on any atom is 0.407 e. The number of alkyl carbamates (subject to hydrolysis) is 1. The van der Waals surface area contributed by atoms with Crippen molar-refractivity contribution in [2.75, 3.05) is 26.0 Å². The number of hydrogen-bond acceptors (Lipinski definition) is 5. The monoisotopic (exact) mass is 267 g/mol. The summed E-state index contributed by atoms with van der Waals surface area (Å²) in [5, 5.41) is 2.57. The van der Waals surface area contributed by atoms with Gasteiger partial charge in [0.05, 0.1) is 19.5 Å². The second-order valence-corrected chi connectivity index (χ2v) is 5.80. The van der Waals surface area contributed by atoms with Crippen molar-refractivity contribution < 1.29 is 22.1 Å². The van der Waals surface area contributed by atoms with Crippen LogP contribution in [-0.4, -0.2) is 40.5 Å². The van der Waals surface area contributed by atoms with Gasteiger partial charge in [-0.1, -0.05) is 13.8 Å². The van der Waals surface area contributed by atoms with E-state index in [1.807, 2.05) is 13.8 Å². The second kappa shape index (κ2) is 8.30. The third-order valence-electron chi connectivity index (χ3n) is 1.69. The Hall–Kier alpha value is -0.820. The lowest BCUT2D eigenvalue weighted by Gasteiger charge is -2.08. The zero-order valence-electron chi connectivity index (χ0n) is 10.6. The molecule has 0 aromatic rings. The van der Waals surface area contributed by atoms with Crippen molar-refractivity contribution in [2.45, 2.75) is 26.7 Å². The van der Waals surface area contributed by atoms with Gasteiger partial charge in [0, 0.05) is 6.54 Å². The minimum Gasteiger partial charge on any atom is -0.449 e. The van der Waals surface area contributed by atoms with Crippen molar-refractivity contribution in [2.24, 2.45) is 5.92 Å². The maximum atomic E-state index is 11.1. The Morgan fingerprint density at radius 3 is 2.47 bits per heavy atom. The van der Waals surface area contributed by atoms with E-state index >= 15 is 0 Å². The van der Waals surface area contributed by atoms with E-state index in [9.17, 15) is 13.2 Å². The first-order valence-corrected chi connectivity index (χ1v) is 7.38. The zero-order valence-corrected chi connectivity index (χ0v) is 11.4. The minimum atomic E-state index is -3.36. The summed E-state index contributed by atoms with van der Waals surface area (Å²) < 4.78 is 30.6. The van der Waals surface area contributed by atoms with Crippen LogP contribution in [-0.2, 0) is 19.0 Å². The van der Waals surface area contributed by atoms with Gasteiger partial charge in [0.15, 0.2) is 0 Å². The SMILES string of the molecule is CC(C)COC(=O)NCCCCOS(C)(=O)=O. The van der Waals surface area contributed by atoms with Crippen LogP contribution in [0.4, 0.5) is 4.79 Å². The number of rotatable bonds is 8. The topological polar surface area (TPSA) is 81.7 Å². The molecule has 0 atom stereocenters. The molecule has 0 aliphatic carbocycles. The summed E-state index contributed by atoms with van der Waals surface area (Å²) in [5.74, 6) is 0.309. The van der Waals surface area contributed by atoms with Crippen molar-refractivity contribution in [1.82, 2.24) is 5.32 Å². The molecule has 1 amide bonds. The van der Waals surface area contributed by atoms with Crippen LogP contribution in [0.3, 0.4) is 0 Å². The van der Waals surface area contributed by atoms with Crippen LogP contribution in [0.5, 0.6) is 0 Å². The summed E-state index contributed by atoms with van der Waals surface area (Å²) in [5.41, 5.74) is 0. The molecular formula is C10H21NO5S. The number of carbonyl (C=O) groups is 1. The Bertz CT molecular complexity index is 313. The number of hydrogen-bond donors (Lipinski definition) is 1. The van der Waals surface area contributed by atoms with Crippen LogP contribution in [0, 0.1) is 5.92 Å². The number of unbranched alkanes of at least 4 members (excludes halogenated alkanes) is 1. The van der Waals surface area contributed by atoms with Gasteiger partial charge in [-0.3, -0.25) is 4.18 Å². The van der Waals surface area contributed by atoms with Crippen LogP contribution < -0.4 is 5.32 Å². The van der Waals surface area contributed by atoms with Gasteiger partial charge in [-0.2, -0.15) is 8.42 Å². The van der Waals surface area contributed by atoms with Crippen molar-refractivity contribution in [1.29, 1.82) is 0 Å². The van der Waals surface area contributed by atoms with Crippen molar-refractivity contribution in [3.63, 3.8) is 0 Å². The Morgan fingerprint density at radius 1 is 1.29 bits per heavy atom. The van der Waals surface area contributed by atoms with Gasteiger partial charge in [0.25, 0.3) is 10.1 Å². The fourth-order valence-corrected chi connectivity index (χ4v) is 1.34. The molecule has 0 heterocycles. The molecule has 0 aliphatic heterocycles. The Morgan fingerprint density at radius 2 is 1.94 bits per heavy atom. The highest BCUT2D eigenvalue weighted by Gasteiger charge is 2.03. The van der Waals surface area contributed by atoms with Gasteiger partial charge in [0.2, 0.25) is 0 Å². The lowest BCUT2D eigenvalue weighted by atomic mass is 10.2. The average molecular weight is 267 g/mol. The Balaban J connectivity index is 3.37. The smallest absolute Gasteiger partial charge is 0.407 e. The van der Waals surface area contributed by atoms with E-state index in [4.69, 9.17) is 4.74 Å². The molecule has 1 N–H and O–H groups in total. The predicted octanol–water partition coefficient (Wildman–Crippen LogP) is 1.12. The first-order valence-electron chi connectivity index (χ1n) is 5.56. The summed E-state index contributed by atoms with van der Waals surface area (Å²) in [6.45, 7) is 4.89. The summed E-state index contributed by atoms with van der Waals surface area (Å²) in [4.78, 5) is 11.1. The summed E-state index contributed by atoms with van der Waals surface area (Å²) in [6.07, 6.45) is 1.78. The molecule has 0 saturated carbocycles. The van der Waals surface area contributed by atoms with Crippen molar-refractivity contribution in [3.8, 4) is 0 Å². The summed E-state index contributed by atoms with van der Waals surface area (Å²) in [6, 6.07) is 0. The summed E-state index contributed by atoms with van der Waals surface area (Å²) in [7, 11) is -3.36. The third-order valence-corrected chi connectivity index (χ3v) is 2.28. The Labute approximate surface area is 103 Å². The highest BCUT2D eigenvalue weighted by molar-refractivity contribution is 7.85. The molecule has 0 radical (unpaired) electrons. The van der Waals surface area contributed by atoms with E-state index in [2.05, 4.69) is 9.50 Å². The molecule has 0 rings (SSSR count). The van der Waals surface area contributed by atoms with Gasteiger partial charge in [0.1, 0.15) is 0 Å². The molecule has 17 heavy (non-hydrogen) atoms. The zero-order chi connectivity index (χ0) is 13.3. The fraction of sp³-hybridized carbons (Fsp3) is 0.900. The van der Waals surface area contributed by atoms with E-state index in [0.29, 0.717) is 31.9 Å². The molecule has 7 heteroatoms. The number of nitrogens with one attached hydrogen (secondary N) is 1. The molecule has 6 nitrogen and oxygen atoms in total. The van der Waals surface area contributed by atoms with Crippen LogP contribution in [0.1, 0.15) is 26.7 Å². The molecule has 0 aromatic carbocycles. The molecule has 0 spiro atoms. The normalized spacial score (nSPS) is 11.5. The Kier molecular flexibility index (Phi) is 7.90. The molecular weight excluding hydrogens is 246 g/mol. The van der Waals surface area contributed by atoms with E-state index in [1.54, 1.807) is 0 Å². The van der Waals surface area contributed by atoms with Gasteiger partial charge < -0.3 is 10.1 Å². The maximum absolute atomic E-state index is 11.1. The second-order valence-electron chi connectivity index (χ2n) is 4.15. The molecule has 0 bridgehead atoms. The largest absolute Gasteiger partial charge is 0.449 e. The van der Waals surface area contributed by atoms with Crippen LogP contribution >= 0.6 is 0 Å². The number of ether oxygens (including phenoxy) is 1. The van der Waals surface area contributed by atoms with E-state index in [-0.39, 0.29) is 6.61 Å². The first kappa shape index (κ1) is 16.2. The highest BCUT2D eigenvalue weighted by atomic mass is 32.2. The standard InChI is InChI=1S/C10H21NO5S/c1-9(2)8-15-10(12)11-6-4-5-7-16-17(3,13)14/h9H,4-8H2,1-3H3,(H,11,12). The predicted molar refractivity (Wildman–Crippen MR) is 64.2 cm³/mol. The minimum absolute atomic E-state index is 0.140. The van der Waals surface area contributed by atoms with Gasteiger partial charge >= 0.3 is 6.09 Å². The quantitative estimate of drug-likeness (QED) is 0.526. The first-order chi connectivity index (χ1) is 7.81. The van der Waals surface area contributed by atoms with Gasteiger partial charge in [-0.15, -0.1) is 0 Å². The number of carbonyl (C=O) groups excluding carboxylic acids is 1. The third kappa shape index (κ3) is 13.1. The fourth-order valence-electron chi connectivity index (χ4n) is 0.921. The highest BCUT2D eigenvalue weighted by Crippen LogP contribution is 1.95. The molecule has 0 saturated heterocycles. The molecule has 0 unspecified atom stereocenters. The molecule has 0 aliphatic rings. The average Bonchev–Trinajstić information content (AvgIpc) is 2.18. The van der Waals surface area contributed by atoms with Crippen LogP contribution in [0.15, 0.2) is 0 Å². The van der Waals surface area contributed by atoms with Crippen LogP contribution in [0.25, 0.3) is 0 Å². The molecule has 0 aromatic heterocycles. The molecule has 102 valence electrons. The number of amides is 1. The molecule has 0 fully saturated rings. The van der Waals surface area contributed by atoms with E-state index in [0.717, 1.165) is 6.26 Å². The van der Waals surface area contributed by atoms with E-state index < -0.39 is 16.2 Å². The van der Waals surface area contributed by atoms with Gasteiger partial charge in [-0.05, 0) is 18.8 Å². The van der Waals surface area contributed by atoms with Gasteiger partial charge in [-0.25, -0.2) is 4.79 Å².